The minimum Gasteiger partial charge on any atom is -0.480 e. The van der Waals surface area contributed by atoms with Crippen molar-refractivity contribution in [3.63, 3.8) is 0 Å². The number of piperidine rings is 2. The standard InChI is InChI=1S/C32H39Br2ClN4O3S3/c1-21-4-6-23(7-5-21)17-28(32(40)41)37-44-25-18-27(34)31(36-20-25)38-12-10-24(11-13-38)42-16-2-3-22-8-14-39(15-9-22)45-29-19-26(33)30(35)43-29/h4-7,18-20,22,24,28,37H,2-3,8-17H2,1H3,(H,40,41). The van der Waals surface area contributed by atoms with Crippen LogP contribution in [0, 0.1) is 12.8 Å². The molecule has 1 unspecified atom stereocenters. The smallest absolute Gasteiger partial charge is 0.321 e. The molecule has 13 heteroatoms. The van der Waals surface area contributed by atoms with Gasteiger partial charge in [-0.05, 0) is 131 Å². The zero-order valence-electron chi connectivity index (χ0n) is 25.2. The second-order valence-electron chi connectivity index (χ2n) is 11.6. The fraction of sp³-hybridized carbons (Fsp3) is 0.500. The van der Waals surface area contributed by atoms with E-state index in [9.17, 15) is 9.90 Å². The van der Waals surface area contributed by atoms with E-state index in [0.717, 1.165) is 93.1 Å². The lowest BCUT2D eigenvalue weighted by molar-refractivity contribution is -0.138. The zero-order valence-corrected chi connectivity index (χ0v) is 31.6. The van der Waals surface area contributed by atoms with E-state index in [2.05, 4.69) is 51.9 Å². The van der Waals surface area contributed by atoms with Gasteiger partial charge in [-0.2, -0.15) is 0 Å². The minimum atomic E-state index is -0.873. The molecule has 2 aliphatic rings. The van der Waals surface area contributed by atoms with Gasteiger partial charge in [0.25, 0.3) is 0 Å². The number of halogens is 3. The summed E-state index contributed by atoms with van der Waals surface area (Å²) in [7, 11) is 0. The molecule has 0 radical (unpaired) electrons. The highest BCUT2D eigenvalue weighted by molar-refractivity contribution is 9.11. The first-order chi connectivity index (χ1) is 21.7. The van der Waals surface area contributed by atoms with Crippen molar-refractivity contribution in [3.8, 4) is 0 Å². The summed E-state index contributed by atoms with van der Waals surface area (Å²) < 4.78 is 15.8. The van der Waals surface area contributed by atoms with E-state index in [1.165, 1.54) is 35.4 Å². The van der Waals surface area contributed by atoms with E-state index in [1.54, 1.807) is 11.3 Å². The number of aryl methyl sites for hydroxylation is 1. The summed E-state index contributed by atoms with van der Waals surface area (Å²) in [4.78, 5) is 19.7. The summed E-state index contributed by atoms with van der Waals surface area (Å²) in [5, 5.41) is 9.72. The summed E-state index contributed by atoms with van der Waals surface area (Å²) >= 11 is 18.2. The number of aromatic nitrogens is 1. The van der Waals surface area contributed by atoms with Crippen molar-refractivity contribution in [1.82, 2.24) is 14.0 Å². The Morgan fingerprint density at radius 2 is 1.87 bits per heavy atom. The van der Waals surface area contributed by atoms with E-state index in [1.807, 2.05) is 55.4 Å². The highest BCUT2D eigenvalue weighted by Gasteiger charge is 2.24. The number of benzene rings is 1. The van der Waals surface area contributed by atoms with Crippen molar-refractivity contribution in [2.24, 2.45) is 5.92 Å². The van der Waals surface area contributed by atoms with Gasteiger partial charge in [0.05, 0.1) is 14.8 Å². The van der Waals surface area contributed by atoms with Gasteiger partial charge < -0.3 is 14.7 Å². The van der Waals surface area contributed by atoms with Crippen molar-refractivity contribution < 1.29 is 14.6 Å². The van der Waals surface area contributed by atoms with Crippen LogP contribution in [0.15, 0.2) is 60.6 Å². The molecule has 1 atom stereocenters. The molecule has 0 aliphatic carbocycles. The lowest BCUT2D eigenvalue weighted by atomic mass is 9.93. The first-order valence-corrected chi connectivity index (χ1v) is 19.7. The number of nitrogens with one attached hydrogen (secondary N) is 1. The average Bonchev–Trinajstić information content (AvgIpc) is 3.35. The van der Waals surface area contributed by atoms with Crippen molar-refractivity contribution in [2.45, 2.75) is 73.1 Å². The van der Waals surface area contributed by atoms with Crippen LogP contribution >= 0.6 is 78.7 Å². The fourth-order valence-electron chi connectivity index (χ4n) is 5.62. The van der Waals surface area contributed by atoms with Gasteiger partial charge in [-0.25, -0.2) is 14.0 Å². The van der Waals surface area contributed by atoms with Crippen LogP contribution in [0.3, 0.4) is 0 Å². The number of aliphatic carboxylic acids is 1. The average molecular weight is 819 g/mol. The van der Waals surface area contributed by atoms with E-state index >= 15 is 0 Å². The van der Waals surface area contributed by atoms with Crippen LogP contribution in [0.1, 0.15) is 49.7 Å². The van der Waals surface area contributed by atoms with Gasteiger partial charge in [0, 0.05) is 48.4 Å². The highest BCUT2D eigenvalue weighted by Crippen LogP contribution is 2.40. The van der Waals surface area contributed by atoms with Crippen LogP contribution < -0.4 is 9.62 Å². The summed E-state index contributed by atoms with van der Waals surface area (Å²) in [5.74, 6) is 0.836. The molecule has 2 fully saturated rings. The first kappa shape index (κ1) is 35.5. The van der Waals surface area contributed by atoms with Crippen LogP contribution in [0.4, 0.5) is 5.82 Å². The molecule has 1 aromatic carbocycles. The van der Waals surface area contributed by atoms with Gasteiger partial charge >= 0.3 is 5.97 Å². The fourth-order valence-corrected chi connectivity index (χ4v) is 10.4. The van der Waals surface area contributed by atoms with E-state index in [4.69, 9.17) is 21.3 Å². The number of hydrogen-bond donors (Lipinski definition) is 2. The quantitative estimate of drug-likeness (QED) is 0.122. The molecule has 2 N–H and O–H groups in total. The maximum absolute atomic E-state index is 11.8. The molecular weight excluding hydrogens is 780 g/mol. The molecule has 244 valence electrons. The molecule has 0 spiro atoms. The minimum absolute atomic E-state index is 0.302. The molecule has 4 heterocycles. The summed E-state index contributed by atoms with van der Waals surface area (Å²) in [5.41, 5.74) is 2.15. The molecule has 0 amide bonds. The maximum Gasteiger partial charge on any atom is 0.321 e. The number of thiophene rings is 1. The zero-order chi connectivity index (χ0) is 31.8. The number of nitrogens with zero attached hydrogens (tertiary/aromatic N) is 3. The van der Waals surface area contributed by atoms with E-state index in [0.29, 0.717) is 12.5 Å². The van der Waals surface area contributed by atoms with Gasteiger partial charge in [0.15, 0.2) is 0 Å². The summed E-state index contributed by atoms with van der Waals surface area (Å²) in [6.07, 6.45) is 9.36. The maximum atomic E-state index is 11.8. The Hall–Kier alpha value is -0.830. The SMILES string of the molecule is Cc1ccc(CC(NSc2cnc(N3CCC(OCCCC4CCN(Sc5cc(Br)c(Cl)s5)CC4)CC3)c(Br)c2)C(=O)O)cc1. The second kappa shape index (κ2) is 17.5. The molecule has 7 nitrogen and oxygen atoms in total. The topological polar surface area (TPSA) is 77.9 Å². The van der Waals surface area contributed by atoms with Crippen molar-refractivity contribution >= 4 is 90.5 Å². The van der Waals surface area contributed by atoms with Gasteiger partial charge in [-0.1, -0.05) is 41.4 Å². The summed E-state index contributed by atoms with van der Waals surface area (Å²) in [6.45, 7) is 6.91. The Labute approximate surface area is 300 Å². The number of hydrogen-bond acceptors (Lipinski definition) is 9. The molecule has 2 aromatic heterocycles. The second-order valence-corrected chi connectivity index (χ2v) is 17.3. The van der Waals surface area contributed by atoms with Crippen LogP contribution in [-0.4, -0.2) is 65.3 Å². The Kier molecular flexibility index (Phi) is 13.8. The van der Waals surface area contributed by atoms with Crippen molar-refractivity contribution in [1.29, 1.82) is 0 Å². The van der Waals surface area contributed by atoms with Gasteiger partial charge in [0.2, 0.25) is 0 Å². The number of ether oxygens (including phenoxy) is 1. The molecule has 0 bridgehead atoms. The van der Waals surface area contributed by atoms with Gasteiger partial charge in [-0.3, -0.25) is 4.79 Å². The highest BCUT2D eigenvalue weighted by atomic mass is 79.9. The van der Waals surface area contributed by atoms with Crippen LogP contribution in [0.2, 0.25) is 4.34 Å². The van der Waals surface area contributed by atoms with E-state index in [-0.39, 0.29) is 0 Å². The monoisotopic (exact) mass is 816 g/mol. The third kappa shape index (κ3) is 10.8. The Morgan fingerprint density at radius 3 is 2.51 bits per heavy atom. The molecular formula is C32H39Br2ClN4O3S3. The van der Waals surface area contributed by atoms with Crippen LogP contribution in [0.25, 0.3) is 0 Å². The van der Waals surface area contributed by atoms with Gasteiger partial charge in [-0.15, -0.1) is 11.3 Å². The number of anilines is 1. The lowest BCUT2D eigenvalue weighted by Crippen LogP contribution is -2.38. The molecule has 0 saturated carbocycles. The predicted octanol–water partition coefficient (Wildman–Crippen LogP) is 9.11. The van der Waals surface area contributed by atoms with Crippen LogP contribution in [-0.2, 0) is 16.0 Å². The normalized spacial score (nSPS) is 17.6. The third-order valence-electron chi connectivity index (χ3n) is 8.24. The van der Waals surface area contributed by atoms with Crippen LogP contribution in [0.5, 0.6) is 0 Å². The largest absolute Gasteiger partial charge is 0.480 e. The number of carbonyl (C=O) groups is 1. The number of carboxylic acids is 1. The molecule has 45 heavy (non-hydrogen) atoms. The molecule has 2 saturated heterocycles. The van der Waals surface area contributed by atoms with Crippen molar-refractivity contribution in [2.75, 3.05) is 37.7 Å². The first-order valence-electron chi connectivity index (χ1n) is 15.3. The third-order valence-corrected chi connectivity index (χ3v) is 13.4. The molecule has 5 rings (SSSR count). The number of pyridine rings is 1. The van der Waals surface area contributed by atoms with Gasteiger partial charge in [0.1, 0.15) is 16.2 Å². The number of carboxylic acid groups (broad SMARTS) is 1. The van der Waals surface area contributed by atoms with E-state index < -0.39 is 12.0 Å². The predicted molar refractivity (Wildman–Crippen MR) is 195 cm³/mol. The lowest BCUT2D eigenvalue weighted by Gasteiger charge is -2.33. The Morgan fingerprint density at radius 1 is 1.13 bits per heavy atom. The summed E-state index contributed by atoms with van der Waals surface area (Å²) in [6, 6.07) is 11.4. The molecule has 3 aromatic rings. The Balaban J connectivity index is 0.974. The number of rotatable bonds is 14. The Bertz CT molecular complexity index is 1380. The molecule has 2 aliphatic heterocycles. The van der Waals surface area contributed by atoms with Crippen molar-refractivity contribution in [3.05, 3.63) is 67.0 Å².